The summed E-state index contributed by atoms with van der Waals surface area (Å²) in [5.74, 6) is 1.34. The lowest BCUT2D eigenvalue weighted by atomic mass is 10.1. The average molecular weight is 296 g/mol. The first-order chi connectivity index (χ1) is 9.31. The van der Waals surface area contributed by atoms with E-state index in [1.54, 1.807) is 0 Å². The lowest BCUT2D eigenvalue weighted by Gasteiger charge is -2.12. The maximum atomic E-state index is 12.2. The molecular formula is C15H24N2O2S. The van der Waals surface area contributed by atoms with E-state index in [9.17, 15) is 4.79 Å². The highest BCUT2D eigenvalue weighted by Gasteiger charge is 2.35. The van der Waals surface area contributed by atoms with E-state index in [0.717, 1.165) is 11.4 Å². The number of rotatable bonds is 6. The quantitative estimate of drug-likeness (QED) is 0.784. The third-order valence-corrected chi connectivity index (χ3v) is 4.56. The van der Waals surface area contributed by atoms with E-state index in [0.29, 0.717) is 28.3 Å². The van der Waals surface area contributed by atoms with Crippen molar-refractivity contribution < 1.29 is 9.53 Å². The van der Waals surface area contributed by atoms with E-state index in [2.05, 4.69) is 12.2 Å². The van der Waals surface area contributed by atoms with Crippen LogP contribution in [0.1, 0.15) is 50.7 Å². The highest BCUT2D eigenvalue weighted by atomic mass is 32.1. The van der Waals surface area contributed by atoms with Gasteiger partial charge in [0.05, 0.1) is 16.7 Å². The van der Waals surface area contributed by atoms with E-state index in [1.165, 1.54) is 11.3 Å². The molecule has 1 aliphatic carbocycles. The molecule has 1 aliphatic rings. The van der Waals surface area contributed by atoms with Crippen LogP contribution in [0.15, 0.2) is 0 Å². The van der Waals surface area contributed by atoms with Gasteiger partial charge in [0.1, 0.15) is 5.00 Å². The minimum Gasteiger partial charge on any atom is -0.486 e. The van der Waals surface area contributed by atoms with E-state index in [1.807, 2.05) is 27.7 Å². The molecule has 0 amide bonds. The Balaban J connectivity index is 2.32. The lowest BCUT2D eigenvalue weighted by molar-refractivity contribution is 0.0944. The van der Waals surface area contributed by atoms with Gasteiger partial charge in [0, 0.05) is 12.0 Å². The normalized spacial score (nSPS) is 21.4. The van der Waals surface area contributed by atoms with Gasteiger partial charge in [-0.2, -0.15) is 0 Å². The summed E-state index contributed by atoms with van der Waals surface area (Å²) >= 11 is 1.42. The second-order valence-electron chi connectivity index (χ2n) is 6.15. The second-order valence-corrected chi connectivity index (χ2v) is 7.17. The number of Topliss-reactive ketones (excluding diaryl/α,β-unsaturated/α-hetero) is 1. The molecule has 1 heterocycles. The largest absolute Gasteiger partial charge is 0.486 e. The molecule has 0 bridgehead atoms. The maximum absolute atomic E-state index is 12.2. The number of ether oxygens (including phenoxy) is 1. The maximum Gasteiger partial charge on any atom is 0.177 e. The molecule has 0 aromatic carbocycles. The van der Waals surface area contributed by atoms with E-state index in [-0.39, 0.29) is 17.8 Å². The minimum atomic E-state index is -0.0597. The monoisotopic (exact) mass is 296 g/mol. The van der Waals surface area contributed by atoms with Crippen LogP contribution in [-0.2, 0) is 0 Å². The Morgan fingerprint density at radius 1 is 1.40 bits per heavy atom. The molecule has 2 atom stereocenters. The standard InChI is InChI=1S/C15H24N2O2S/c1-7(2)12(18)14-11(16)13(19-8(3)4)15(20-14)17-10-6-9(10)5/h7-10,17H,6,16H2,1-5H3. The summed E-state index contributed by atoms with van der Waals surface area (Å²) < 4.78 is 5.82. The van der Waals surface area contributed by atoms with Crippen LogP contribution in [0.3, 0.4) is 0 Å². The van der Waals surface area contributed by atoms with Gasteiger partial charge in [0.2, 0.25) is 0 Å². The average Bonchev–Trinajstić information content (AvgIpc) is 2.96. The number of nitrogens with two attached hydrogens (primary N) is 1. The van der Waals surface area contributed by atoms with Crippen molar-refractivity contribution in [2.24, 2.45) is 11.8 Å². The van der Waals surface area contributed by atoms with Gasteiger partial charge in [-0.3, -0.25) is 4.79 Å². The van der Waals surface area contributed by atoms with Crippen molar-refractivity contribution in [3.63, 3.8) is 0 Å². The van der Waals surface area contributed by atoms with Gasteiger partial charge in [-0.25, -0.2) is 0 Å². The fraction of sp³-hybridized carbons (Fsp3) is 0.667. The molecule has 0 radical (unpaired) electrons. The zero-order valence-corrected chi connectivity index (χ0v) is 13.6. The van der Waals surface area contributed by atoms with Crippen LogP contribution >= 0.6 is 11.3 Å². The first kappa shape index (κ1) is 15.2. The van der Waals surface area contributed by atoms with Crippen molar-refractivity contribution in [2.75, 3.05) is 11.1 Å². The number of hydrogen-bond acceptors (Lipinski definition) is 5. The molecule has 20 heavy (non-hydrogen) atoms. The Kier molecular flexibility index (Phi) is 4.28. The van der Waals surface area contributed by atoms with Crippen LogP contribution in [-0.4, -0.2) is 17.9 Å². The molecular weight excluding hydrogens is 272 g/mol. The Morgan fingerprint density at radius 3 is 2.45 bits per heavy atom. The molecule has 4 nitrogen and oxygen atoms in total. The smallest absolute Gasteiger partial charge is 0.177 e. The molecule has 0 aliphatic heterocycles. The fourth-order valence-electron chi connectivity index (χ4n) is 2.01. The molecule has 3 N–H and O–H groups in total. The van der Waals surface area contributed by atoms with Gasteiger partial charge >= 0.3 is 0 Å². The van der Waals surface area contributed by atoms with Gasteiger partial charge in [-0.05, 0) is 26.2 Å². The van der Waals surface area contributed by atoms with Crippen molar-refractivity contribution in [3.05, 3.63) is 4.88 Å². The molecule has 5 heteroatoms. The van der Waals surface area contributed by atoms with Crippen LogP contribution in [0.2, 0.25) is 0 Å². The number of anilines is 2. The molecule has 1 fully saturated rings. The predicted molar refractivity (Wildman–Crippen MR) is 84.9 cm³/mol. The first-order valence-electron chi connectivity index (χ1n) is 7.20. The topological polar surface area (TPSA) is 64.3 Å². The molecule has 112 valence electrons. The predicted octanol–water partition coefficient (Wildman–Crippen LogP) is 3.78. The number of hydrogen-bond donors (Lipinski definition) is 2. The van der Waals surface area contributed by atoms with Gasteiger partial charge in [-0.1, -0.05) is 20.8 Å². The molecule has 1 aromatic heterocycles. The van der Waals surface area contributed by atoms with Crippen molar-refractivity contribution in [1.29, 1.82) is 0 Å². The summed E-state index contributed by atoms with van der Waals surface area (Å²) in [6.45, 7) is 9.91. The molecule has 2 unspecified atom stereocenters. The Bertz CT molecular complexity index is 508. The molecule has 2 rings (SSSR count). The Labute approximate surface area is 124 Å². The number of carbonyl (C=O) groups excluding carboxylic acids is 1. The number of nitrogen functional groups attached to an aromatic ring is 1. The van der Waals surface area contributed by atoms with Crippen LogP contribution < -0.4 is 15.8 Å². The molecule has 0 spiro atoms. The summed E-state index contributed by atoms with van der Waals surface area (Å²) in [6, 6.07) is 0.476. The van der Waals surface area contributed by atoms with Gasteiger partial charge in [0.15, 0.2) is 11.5 Å². The summed E-state index contributed by atoms with van der Waals surface area (Å²) in [5, 5.41) is 4.35. The summed E-state index contributed by atoms with van der Waals surface area (Å²) in [5.41, 5.74) is 6.63. The Morgan fingerprint density at radius 2 is 2.00 bits per heavy atom. The highest BCUT2D eigenvalue weighted by Crippen LogP contribution is 2.46. The lowest BCUT2D eigenvalue weighted by Crippen LogP contribution is -2.11. The second kappa shape index (κ2) is 5.64. The van der Waals surface area contributed by atoms with Gasteiger partial charge in [-0.15, -0.1) is 11.3 Å². The first-order valence-corrected chi connectivity index (χ1v) is 8.02. The van der Waals surface area contributed by atoms with Crippen LogP contribution in [0.25, 0.3) is 0 Å². The molecule has 1 aromatic rings. The SMILES string of the molecule is CC(C)Oc1c(NC2CC2C)sc(C(=O)C(C)C)c1N. The van der Waals surface area contributed by atoms with Crippen LogP contribution in [0, 0.1) is 11.8 Å². The van der Waals surface area contributed by atoms with Crippen LogP contribution in [0.5, 0.6) is 5.75 Å². The zero-order chi connectivity index (χ0) is 15.0. The number of thiophene rings is 1. The third kappa shape index (κ3) is 3.08. The van der Waals surface area contributed by atoms with Crippen molar-refractivity contribution >= 4 is 27.8 Å². The Hall–Kier alpha value is -1.23. The van der Waals surface area contributed by atoms with Crippen molar-refractivity contribution in [3.8, 4) is 5.75 Å². The van der Waals surface area contributed by atoms with Crippen molar-refractivity contribution in [2.45, 2.75) is 53.2 Å². The van der Waals surface area contributed by atoms with Crippen molar-refractivity contribution in [1.82, 2.24) is 0 Å². The van der Waals surface area contributed by atoms with E-state index in [4.69, 9.17) is 10.5 Å². The minimum absolute atomic E-state index is 0.0334. The summed E-state index contributed by atoms with van der Waals surface area (Å²) in [7, 11) is 0. The molecule has 0 saturated heterocycles. The van der Waals surface area contributed by atoms with E-state index >= 15 is 0 Å². The van der Waals surface area contributed by atoms with Gasteiger partial charge in [0.25, 0.3) is 0 Å². The fourth-order valence-corrected chi connectivity index (χ4v) is 3.22. The zero-order valence-electron chi connectivity index (χ0n) is 12.8. The van der Waals surface area contributed by atoms with Gasteiger partial charge < -0.3 is 15.8 Å². The van der Waals surface area contributed by atoms with Crippen LogP contribution in [0.4, 0.5) is 10.7 Å². The number of ketones is 1. The number of carbonyl (C=O) groups is 1. The summed E-state index contributed by atoms with van der Waals surface area (Å²) in [6.07, 6.45) is 1.19. The van der Waals surface area contributed by atoms with E-state index < -0.39 is 0 Å². The highest BCUT2D eigenvalue weighted by molar-refractivity contribution is 7.19. The molecule has 1 saturated carbocycles. The third-order valence-electron chi connectivity index (χ3n) is 3.43. The summed E-state index contributed by atoms with van der Waals surface area (Å²) in [4.78, 5) is 12.8. The number of nitrogens with one attached hydrogen (secondary N) is 1.